The van der Waals surface area contributed by atoms with Gasteiger partial charge in [0.2, 0.25) is 0 Å². The zero-order valence-corrected chi connectivity index (χ0v) is 13.9. The number of carbonyl (C=O) groups is 1. The fourth-order valence-electron chi connectivity index (χ4n) is 3.73. The number of nitrogens with one attached hydrogen (secondary N) is 1. The molecule has 3 heterocycles. The van der Waals surface area contributed by atoms with Gasteiger partial charge in [-0.25, -0.2) is 9.88 Å². The third-order valence-corrected chi connectivity index (χ3v) is 5.45. The van der Waals surface area contributed by atoms with Crippen LogP contribution in [-0.4, -0.2) is 23.5 Å². The van der Waals surface area contributed by atoms with Crippen LogP contribution in [0.3, 0.4) is 0 Å². The Labute approximate surface area is 144 Å². The standard InChI is InChI=1S/C17H15Cl2N3O/c18-12-7-6-11(10-13(12)19)16-21-9-3-4-14(21)17(23)22(16)15-5-1-2-8-20-15/h1-2,5-8,10,14,16H,3-4,9H2/p+1. The van der Waals surface area contributed by atoms with E-state index in [1.54, 1.807) is 12.3 Å². The number of fused-ring (bicyclic) bond motifs is 1. The lowest BCUT2D eigenvalue weighted by Crippen LogP contribution is -3.12. The summed E-state index contributed by atoms with van der Waals surface area (Å²) in [6.07, 6.45) is 3.61. The van der Waals surface area contributed by atoms with Gasteiger partial charge >= 0.3 is 0 Å². The number of pyridine rings is 1. The minimum atomic E-state index is -0.0975. The number of halogens is 2. The zero-order valence-electron chi connectivity index (χ0n) is 12.4. The summed E-state index contributed by atoms with van der Waals surface area (Å²) in [4.78, 5) is 20.4. The van der Waals surface area contributed by atoms with Gasteiger partial charge in [0.25, 0.3) is 5.91 Å². The predicted octanol–water partition coefficient (Wildman–Crippen LogP) is 2.48. The minimum absolute atomic E-state index is 0.0106. The van der Waals surface area contributed by atoms with Crippen LogP contribution in [0.4, 0.5) is 5.82 Å². The van der Waals surface area contributed by atoms with Gasteiger partial charge in [-0.15, -0.1) is 0 Å². The van der Waals surface area contributed by atoms with Crippen LogP contribution in [-0.2, 0) is 4.79 Å². The van der Waals surface area contributed by atoms with E-state index in [1.165, 1.54) is 4.90 Å². The fourth-order valence-corrected chi connectivity index (χ4v) is 4.03. The van der Waals surface area contributed by atoms with Crippen molar-refractivity contribution >= 4 is 34.9 Å². The topological polar surface area (TPSA) is 37.6 Å². The molecule has 2 aliphatic heterocycles. The van der Waals surface area contributed by atoms with Crippen molar-refractivity contribution in [1.82, 2.24) is 4.98 Å². The van der Waals surface area contributed by atoms with E-state index >= 15 is 0 Å². The molecular formula is C17H16Cl2N3O+. The first-order valence-electron chi connectivity index (χ1n) is 7.71. The van der Waals surface area contributed by atoms with Crippen molar-refractivity contribution in [3.05, 3.63) is 58.2 Å². The number of hydrogen-bond acceptors (Lipinski definition) is 2. The Morgan fingerprint density at radius 1 is 1.17 bits per heavy atom. The molecule has 4 rings (SSSR count). The van der Waals surface area contributed by atoms with E-state index in [0.29, 0.717) is 15.9 Å². The highest BCUT2D eigenvalue weighted by Gasteiger charge is 2.54. The molecule has 0 bridgehead atoms. The third-order valence-electron chi connectivity index (χ3n) is 4.71. The summed E-state index contributed by atoms with van der Waals surface area (Å²) in [6, 6.07) is 11.3. The highest BCUT2D eigenvalue weighted by atomic mass is 35.5. The molecule has 0 radical (unpaired) electrons. The summed E-state index contributed by atoms with van der Waals surface area (Å²) in [5.41, 5.74) is 0.998. The molecule has 6 heteroatoms. The van der Waals surface area contributed by atoms with E-state index < -0.39 is 0 Å². The lowest BCUT2D eigenvalue weighted by Gasteiger charge is -2.26. The molecule has 1 aromatic carbocycles. The van der Waals surface area contributed by atoms with Gasteiger partial charge in [-0.1, -0.05) is 29.3 Å². The fraction of sp³-hybridized carbons (Fsp3) is 0.294. The second-order valence-electron chi connectivity index (χ2n) is 5.99. The molecule has 2 fully saturated rings. The monoisotopic (exact) mass is 348 g/mol. The van der Waals surface area contributed by atoms with Crippen molar-refractivity contribution in [3.8, 4) is 0 Å². The Morgan fingerprint density at radius 3 is 2.78 bits per heavy atom. The number of benzene rings is 1. The molecule has 2 aliphatic rings. The number of rotatable bonds is 2. The van der Waals surface area contributed by atoms with Gasteiger partial charge in [-0.05, 0) is 30.3 Å². The van der Waals surface area contributed by atoms with Crippen LogP contribution in [0.2, 0.25) is 10.0 Å². The Bertz CT molecular complexity index is 753. The minimum Gasteiger partial charge on any atom is -0.301 e. The van der Waals surface area contributed by atoms with Crippen LogP contribution in [0.1, 0.15) is 24.6 Å². The lowest BCUT2D eigenvalue weighted by molar-refractivity contribution is -0.924. The molecule has 1 aromatic heterocycles. The average Bonchev–Trinajstić information content (AvgIpc) is 3.13. The summed E-state index contributed by atoms with van der Waals surface area (Å²) in [5, 5.41) is 1.04. The van der Waals surface area contributed by atoms with Gasteiger partial charge < -0.3 is 4.90 Å². The number of amides is 1. The molecule has 118 valence electrons. The number of carbonyl (C=O) groups excluding carboxylic acids is 1. The smallest absolute Gasteiger partial charge is 0.291 e. The highest BCUT2D eigenvalue weighted by Crippen LogP contribution is 2.32. The van der Waals surface area contributed by atoms with Crippen LogP contribution < -0.4 is 9.80 Å². The summed E-state index contributed by atoms with van der Waals surface area (Å²) in [5.74, 6) is 0.836. The van der Waals surface area contributed by atoms with Crippen molar-refractivity contribution in [2.24, 2.45) is 0 Å². The first-order valence-corrected chi connectivity index (χ1v) is 8.47. The van der Waals surface area contributed by atoms with E-state index in [-0.39, 0.29) is 18.1 Å². The normalized spacial score (nSPS) is 26.6. The van der Waals surface area contributed by atoms with Crippen LogP contribution in [0.5, 0.6) is 0 Å². The van der Waals surface area contributed by atoms with Crippen LogP contribution in [0.25, 0.3) is 0 Å². The molecule has 3 atom stereocenters. The molecular weight excluding hydrogens is 333 g/mol. The molecule has 3 unspecified atom stereocenters. The second kappa shape index (κ2) is 5.78. The summed E-state index contributed by atoms with van der Waals surface area (Å²) >= 11 is 12.3. The quantitative estimate of drug-likeness (QED) is 0.905. The van der Waals surface area contributed by atoms with Gasteiger partial charge in [0.15, 0.2) is 12.2 Å². The molecule has 2 saturated heterocycles. The van der Waals surface area contributed by atoms with Crippen molar-refractivity contribution in [2.75, 3.05) is 11.4 Å². The van der Waals surface area contributed by atoms with E-state index in [1.807, 2.05) is 35.2 Å². The summed E-state index contributed by atoms with van der Waals surface area (Å²) in [7, 11) is 0. The predicted molar refractivity (Wildman–Crippen MR) is 89.8 cm³/mol. The van der Waals surface area contributed by atoms with Crippen molar-refractivity contribution < 1.29 is 9.69 Å². The summed E-state index contributed by atoms with van der Waals surface area (Å²) < 4.78 is 0. The van der Waals surface area contributed by atoms with Crippen LogP contribution in [0, 0.1) is 0 Å². The van der Waals surface area contributed by atoms with Gasteiger partial charge in [0.1, 0.15) is 5.82 Å². The first-order chi connectivity index (χ1) is 11.2. The Balaban J connectivity index is 1.82. The number of aromatic nitrogens is 1. The maximum atomic E-state index is 12.9. The number of quaternary nitrogens is 1. The van der Waals surface area contributed by atoms with Gasteiger partial charge in [-0.3, -0.25) is 4.79 Å². The van der Waals surface area contributed by atoms with Crippen molar-refractivity contribution in [1.29, 1.82) is 0 Å². The van der Waals surface area contributed by atoms with E-state index in [4.69, 9.17) is 23.2 Å². The van der Waals surface area contributed by atoms with Crippen molar-refractivity contribution in [2.45, 2.75) is 25.0 Å². The molecule has 1 amide bonds. The Morgan fingerprint density at radius 2 is 2.04 bits per heavy atom. The molecule has 2 aromatic rings. The zero-order chi connectivity index (χ0) is 16.0. The molecule has 0 spiro atoms. The Kier molecular flexibility index (Phi) is 3.76. The maximum Gasteiger partial charge on any atom is 0.291 e. The molecule has 23 heavy (non-hydrogen) atoms. The van der Waals surface area contributed by atoms with Gasteiger partial charge in [0, 0.05) is 24.6 Å². The SMILES string of the molecule is O=C1C2CCC[NH+]2C(c2ccc(Cl)c(Cl)c2)N1c1ccccn1. The average molecular weight is 349 g/mol. The summed E-state index contributed by atoms with van der Waals surface area (Å²) in [6.45, 7) is 0.977. The van der Waals surface area contributed by atoms with Crippen LogP contribution >= 0.6 is 23.2 Å². The molecule has 4 nitrogen and oxygen atoms in total. The van der Waals surface area contributed by atoms with E-state index in [9.17, 15) is 4.79 Å². The molecule has 1 N–H and O–H groups in total. The number of nitrogens with zero attached hydrogens (tertiary/aromatic N) is 2. The van der Waals surface area contributed by atoms with Crippen LogP contribution in [0.15, 0.2) is 42.6 Å². The lowest BCUT2D eigenvalue weighted by atomic mass is 10.1. The molecule has 0 aliphatic carbocycles. The van der Waals surface area contributed by atoms with Gasteiger partial charge in [0.05, 0.1) is 16.6 Å². The highest BCUT2D eigenvalue weighted by molar-refractivity contribution is 6.42. The second-order valence-corrected chi connectivity index (χ2v) is 6.81. The maximum absolute atomic E-state index is 12.9. The molecule has 0 saturated carbocycles. The largest absolute Gasteiger partial charge is 0.301 e. The van der Waals surface area contributed by atoms with E-state index in [2.05, 4.69) is 4.98 Å². The first kappa shape index (κ1) is 14.9. The van der Waals surface area contributed by atoms with E-state index in [0.717, 1.165) is 24.9 Å². The number of hydrogen-bond donors (Lipinski definition) is 1. The van der Waals surface area contributed by atoms with Crippen molar-refractivity contribution in [3.63, 3.8) is 0 Å². The Hall–Kier alpha value is -1.62. The van der Waals surface area contributed by atoms with Gasteiger partial charge in [-0.2, -0.15) is 0 Å². The number of anilines is 1. The third kappa shape index (κ3) is 2.42.